The zero-order chi connectivity index (χ0) is 13.7. The van der Waals surface area contributed by atoms with Gasteiger partial charge in [0.15, 0.2) is 0 Å². The highest BCUT2D eigenvalue weighted by Gasteiger charge is 2.52. The van der Waals surface area contributed by atoms with Crippen molar-refractivity contribution in [3.8, 4) is 0 Å². The fourth-order valence-corrected chi connectivity index (χ4v) is 1.85. The van der Waals surface area contributed by atoms with Gasteiger partial charge in [0.1, 0.15) is 5.69 Å². The van der Waals surface area contributed by atoms with Gasteiger partial charge in [-0.1, -0.05) is 0 Å². The summed E-state index contributed by atoms with van der Waals surface area (Å²) >= 11 is 0. The lowest BCUT2D eigenvalue weighted by atomic mass is 9.85. The van der Waals surface area contributed by atoms with E-state index in [1.54, 1.807) is 20.2 Å². The van der Waals surface area contributed by atoms with Crippen molar-refractivity contribution in [2.24, 2.45) is 7.05 Å². The lowest BCUT2D eigenvalue weighted by Gasteiger charge is -2.32. The fraction of sp³-hybridized carbons (Fsp3) is 0.667. The molecule has 1 fully saturated rings. The number of aromatic nitrogens is 2. The summed E-state index contributed by atoms with van der Waals surface area (Å²) in [7, 11) is 1.15. The fourth-order valence-electron chi connectivity index (χ4n) is 1.85. The van der Waals surface area contributed by atoms with Gasteiger partial charge < -0.3 is 13.9 Å². The van der Waals surface area contributed by atoms with Gasteiger partial charge in [0.05, 0.1) is 16.8 Å². The lowest BCUT2D eigenvalue weighted by Crippen LogP contribution is -2.45. The molecule has 1 aromatic rings. The molecule has 0 atom stereocenters. The molecule has 1 aliphatic rings. The molecule has 0 amide bonds. The van der Waals surface area contributed by atoms with Crippen LogP contribution in [0.4, 0.5) is 0 Å². The first kappa shape index (κ1) is 13.3. The van der Waals surface area contributed by atoms with Gasteiger partial charge in [-0.3, -0.25) is 9.78 Å². The number of nitrogens with zero attached hydrogens (tertiary/aromatic N) is 2. The van der Waals surface area contributed by atoms with Crippen LogP contribution in [0.1, 0.15) is 33.4 Å². The third-order valence-corrected chi connectivity index (χ3v) is 3.89. The van der Waals surface area contributed by atoms with Gasteiger partial charge in [0.25, 0.3) is 5.56 Å². The van der Waals surface area contributed by atoms with Crippen LogP contribution in [0.25, 0.3) is 0 Å². The van der Waals surface area contributed by atoms with E-state index in [1.807, 2.05) is 27.7 Å². The highest BCUT2D eigenvalue weighted by atomic mass is 16.7. The Morgan fingerprint density at radius 2 is 1.72 bits per heavy atom. The van der Waals surface area contributed by atoms with E-state index in [-0.39, 0.29) is 5.56 Å². The van der Waals surface area contributed by atoms with Crippen LogP contribution in [0.5, 0.6) is 0 Å². The Bertz CT molecular complexity index is 521. The van der Waals surface area contributed by atoms with E-state index in [2.05, 4.69) is 4.98 Å². The molecule has 0 bridgehead atoms. The van der Waals surface area contributed by atoms with Crippen LogP contribution in [0.15, 0.2) is 11.0 Å². The first-order chi connectivity index (χ1) is 8.16. The molecule has 1 aromatic heterocycles. The van der Waals surface area contributed by atoms with Crippen molar-refractivity contribution >= 4 is 12.7 Å². The molecule has 18 heavy (non-hydrogen) atoms. The molecule has 1 saturated heterocycles. The Labute approximate surface area is 107 Å². The number of aryl methyl sites for hydroxylation is 1. The van der Waals surface area contributed by atoms with Gasteiger partial charge in [0, 0.05) is 13.2 Å². The largest absolute Gasteiger partial charge is 0.514 e. The normalized spacial score (nSPS) is 21.3. The lowest BCUT2D eigenvalue weighted by molar-refractivity contribution is 0.00578. The highest BCUT2D eigenvalue weighted by Crippen LogP contribution is 2.36. The van der Waals surface area contributed by atoms with Gasteiger partial charge >= 0.3 is 7.12 Å². The molecule has 1 aliphatic heterocycles. The van der Waals surface area contributed by atoms with Crippen LogP contribution in [0.3, 0.4) is 0 Å². The van der Waals surface area contributed by atoms with Crippen molar-refractivity contribution in [1.82, 2.24) is 9.55 Å². The van der Waals surface area contributed by atoms with E-state index in [1.165, 1.54) is 4.57 Å². The third kappa shape index (κ3) is 1.89. The van der Waals surface area contributed by atoms with E-state index >= 15 is 0 Å². The maximum absolute atomic E-state index is 11.9. The molecule has 0 radical (unpaired) electrons. The van der Waals surface area contributed by atoms with E-state index < -0.39 is 18.3 Å². The molecular weight excluding hydrogens is 231 g/mol. The zero-order valence-electron chi connectivity index (χ0n) is 11.8. The summed E-state index contributed by atoms with van der Waals surface area (Å²) in [5.74, 6) is 0. The van der Waals surface area contributed by atoms with Gasteiger partial charge in [-0.05, 0) is 34.6 Å². The molecule has 0 aromatic carbocycles. The molecule has 0 aliphatic carbocycles. The highest BCUT2D eigenvalue weighted by molar-refractivity contribution is 6.61. The van der Waals surface area contributed by atoms with Gasteiger partial charge in [-0.25, -0.2) is 0 Å². The van der Waals surface area contributed by atoms with Crippen LogP contribution >= 0.6 is 0 Å². The third-order valence-electron chi connectivity index (χ3n) is 3.89. The minimum absolute atomic E-state index is 0.123. The summed E-state index contributed by atoms with van der Waals surface area (Å²) in [6.45, 7) is 9.61. The first-order valence-electron chi connectivity index (χ1n) is 6.04. The molecule has 0 unspecified atom stereocenters. The van der Waals surface area contributed by atoms with Crippen molar-refractivity contribution in [3.63, 3.8) is 0 Å². The minimum Gasteiger partial charge on any atom is -0.398 e. The van der Waals surface area contributed by atoms with E-state index in [0.29, 0.717) is 11.3 Å². The van der Waals surface area contributed by atoms with Crippen molar-refractivity contribution in [2.45, 2.75) is 45.8 Å². The van der Waals surface area contributed by atoms with E-state index in [0.717, 1.165) is 0 Å². The van der Waals surface area contributed by atoms with Crippen LogP contribution in [0.2, 0.25) is 0 Å². The second-order valence-corrected chi connectivity index (χ2v) is 5.72. The molecule has 2 heterocycles. The summed E-state index contributed by atoms with van der Waals surface area (Å²) in [5.41, 5.74) is 0.154. The van der Waals surface area contributed by atoms with Gasteiger partial charge in [0.2, 0.25) is 0 Å². The van der Waals surface area contributed by atoms with E-state index in [9.17, 15) is 4.79 Å². The Morgan fingerprint density at radius 1 is 1.22 bits per heavy atom. The van der Waals surface area contributed by atoms with Crippen molar-refractivity contribution < 1.29 is 9.31 Å². The summed E-state index contributed by atoms with van der Waals surface area (Å²) in [6, 6.07) is 0. The quantitative estimate of drug-likeness (QED) is 0.676. The van der Waals surface area contributed by atoms with Gasteiger partial charge in [-0.2, -0.15) is 0 Å². The molecule has 6 heteroatoms. The molecule has 2 rings (SSSR count). The maximum atomic E-state index is 11.9. The topological polar surface area (TPSA) is 53.4 Å². The molecule has 0 N–H and O–H groups in total. The predicted molar refractivity (Wildman–Crippen MR) is 69.9 cm³/mol. The van der Waals surface area contributed by atoms with Crippen molar-refractivity contribution in [3.05, 3.63) is 22.2 Å². The van der Waals surface area contributed by atoms with Crippen LogP contribution in [0, 0.1) is 6.92 Å². The maximum Gasteiger partial charge on any atom is 0.514 e. The SMILES string of the molecule is Cc1ncc(B2OC(C)(C)C(C)(C)O2)n(C)c1=O. The second kappa shape index (κ2) is 3.93. The minimum atomic E-state index is -0.555. The predicted octanol–water partition coefficient (Wildman–Crippen LogP) is 0.388. The van der Waals surface area contributed by atoms with Gasteiger partial charge in [-0.15, -0.1) is 0 Å². The van der Waals surface area contributed by atoms with E-state index in [4.69, 9.17) is 9.31 Å². The van der Waals surface area contributed by atoms with Crippen molar-refractivity contribution in [1.29, 1.82) is 0 Å². The average Bonchev–Trinajstić information content (AvgIpc) is 2.45. The molecule has 0 saturated carbocycles. The summed E-state index contributed by atoms with van der Waals surface area (Å²) < 4.78 is 13.3. The Kier molecular flexibility index (Phi) is 2.90. The molecule has 0 spiro atoms. The second-order valence-electron chi connectivity index (χ2n) is 5.72. The van der Waals surface area contributed by atoms with Crippen molar-refractivity contribution in [2.75, 3.05) is 0 Å². The average molecular weight is 250 g/mol. The van der Waals surface area contributed by atoms with Crippen LogP contribution in [-0.4, -0.2) is 27.9 Å². The number of hydrogen-bond donors (Lipinski definition) is 0. The molecule has 98 valence electrons. The van der Waals surface area contributed by atoms with Crippen LogP contribution < -0.4 is 11.2 Å². The summed E-state index contributed by atoms with van der Waals surface area (Å²) in [5, 5.41) is 0. The Morgan fingerprint density at radius 3 is 2.22 bits per heavy atom. The standard InChI is InChI=1S/C12H19BN2O3/c1-8-10(16)15(6)9(7-14-8)13-17-11(2,3)12(4,5)18-13/h7H,1-6H3. The molecular formula is C12H19BN2O3. The van der Waals surface area contributed by atoms with Crippen LogP contribution in [-0.2, 0) is 16.4 Å². The number of rotatable bonds is 1. The Balaban J connectivity index is 2.42. The number of hydrogen-bond acceptors (Lipinski definition) is 4. The zero-order valence-corrected chi connectivity index (χ0v) is 11.8. The first-order valence-corrected chi connectivity index (χ1v) is 6.04. The monoisotopic (exact) mass is 250 g/mol. The molecule has 5 nitrogen and oxygen atoms in total. The summed E-state index contributed by atoms with van der Waals surface area (Å²) in [4.78, 5) is 15.9. The Hall–Kier alpha value is -1.14. The summed E-state index contributed by atoms with van der Waals surface area (Å²) in [6.07, 6.45) is 1.64. The smallest absolute Gasteiger partial charge is 0.398 e.